The molecule has 0 atom stereocenters. The van der Waals surface area contributed by atoms with Crippen LogP contribution in [0.15, 0.2) is 36.4 Å². The van der Waals surface area contributed by atoms with E-state index in [2.05, 4.69) is 4.98 Å². The van der Waals surface area contributed by atoms with Crippen molar-refractivity contribution in [3.63, 3.8) is 0 Å². The summed E-state index contributed by atoms with van der Waals surface area (Å²) >= 11 is 16.8. The maximum Gasteiger partial charge on any atom is 0.103 e. The van der Waals surface area contributed by atoms with Crippen LogP contribution in [0.5, 0.6) is 0 Å². The van der Waals surface area contributed by atoms with Crippen molar-refractivity contribution in [1.82, 2.24) is 4.98 Å². The SMILES string of the molecule is S=c1cccc(-c2ccc(Cl)c(Cl)c2)[nH]1. The number of pyridine rings is 1. The van der Waals surface area contributed by atoms with Gasteiger partial charge in [-0.2, -0.15) is 0 Å². The molecule has 2 rings (SSSR count). The van der Waals surface area contributed by atoms with Gasteiger partial charge in [0.2, 0.25) is 0 Å². The zero-order chi connectivity index (χ0) is 10.8. The van der Waals surface area contributed by atoms with Gasteiger partial charge < -0.3 is 4.98 Å². The average Bonchev–Trinajstić information content (AvgIpc) is 2.22. The van der Waals surface area contributed by atoms with E-state index in [-0.39, 0.29) is 0 Å². The Morgan fingerprint density at radius 3 is 2.47 bits per heavy atom. The third kappa shape index (κ3) is 2.40. The smallest absolute Gasteiger partial charge is 0.103 e. The van der Waals surface area contributed by atoms with Crippen molar-refractivity contribution in [2.24, 2.45) is 0 Å². The largest absolute Gasteiger partial charge is 0.346 e. The van der Waals surface area contributed by atoms with Gasteiger partial charge in [-0.3, -0.25) is 0 Å². The highest BCUT2D eigenvalue weighted by molar-refractivity contribution is 7.71. The number of hydrogen-bond donors (Lipinski definition) is 1. The van der Waals surface area contributed by atoms with Crippen LogP contribution in [0.1, 0.15) is 0 Å². The van der Waals surface area contributed by atoms with Crippen molar-refractivity contribution in [2.45, 2.75) is 0 Å². The third-order valence-corrected chi connectivity index (χ3v) is 2.98. The molecule has 1 N–H and O–H groups in total. The number of aromatic amines is 1. The van der Waals surface area contributed by atoms with Gasteiger partial charge in [-0.1, -0.05) is 47.6 Å². The fourth-order valence-corrected chi connectivity index (χ4v) is 1.77. The van der Waals surface area contributed by atoms with E-state index in [0.29, 0.717) is 14.7 Å². The molecule has 1 heterocycles. The molecule has 1 nitrogen and oxygen atoms in total. The van der Waals surface area contributed by atoms with Crippen LogP contribution < -0.4 is 0 Å². The summed E-state index contributed by atoms with van der Waals surface area (Å²) in [4.78, 5) is 3.08. The van der Waals surface area contributed by atoms with Crippen LogP contribution in [0.3, 0.4) is 0 Å². The summed E-state index contributed by atoms with van der Waals surface area (Å²) in [5, 5.41) is 1.09. The number of rotatable bonds is 1. The molecule has 0 spiro atoms. The standard InChI is InChI=1S/C11H7Cl2NS/c12-8-5-4-7(6-9(8)13)10-2-1-3-11(15)14-10/h1-6H,(H,14,15). The summed E-state index contributed by atoms with van der Waals surface area (Å²) in [7, 11) is 0. The highest BCUT2D eigenvalue weighted by Gasteiger charge is 2.01. The normalized spacial score (nSPS) is 10.3. The van der Waals surface area contributed by atoms with Gasteiger partial charge in [-0.25, -0.2) is 0 Å². The topological polar surface area (TPSA) is 15.8 Å². The fraction of sp³-hybridized carbons (Fsp3) is 0. The molecule has 0 fully saturated rings. The second-order valence-corrected chi connectivity index (χ2v) is 4.31. The minimum Gasteiger partial charge on any atom is -0.346 e. The Balaban J connectivity index is 2.55. The number of benzene rings is 1. The first-order valence-corrected chi connectivity index (χ1v) is 5.48. The lowest BCUT2D eigenvalue weighted by atomic mass is 10.1. The molecular formula is C11H7Cl2NS. The number of H-pyrrole nitrogens is 1. The summed E-state index contributed by atoms with van der Waals surface area (Å²) in [6.45, 7) is 0. The Morgan fingerprint density at radius 2 is 1.80 bits per heavy atom. The van der Waals surface area contributed by atoms with Crippen LogP contribution in [0.4, 0.5) is 0 Å². The monoisotopic (exact) mass is 255 g/mol. The predicted molar refractivity (Wildman–Crippen MR) is 67.1 cm³/mol. The van der Waals surface area contributed by atoms with E-state index in [1.807, 2.05) is 30.3 Å². The van der Waals surface area contributed by atoms with Gasteiger partial charge in [0.25, 0.3) is 0 Å². The summed E-state index contributed by atoms with van der Waals surface area (Å²) < 4.78 is 0.693. The Labute approximate surface area is 103 Å². The molecule has 0 bridgehead atoms. The molecule has 15 heavy (non-hydrogen) atoms. The van der Waals surface area contributed by atoms with E-state index < -0.39 is 0 Å². The Bertz CT molecular complexity index is 548. The molecular weight excluding hydrogens is 249 g/mol. The molecule has 0 aliphatic rings. The van der Waals surface area contributed by atoms with Crippen molar-refractivity contribution in [3.05, 3.63) is 51.1 Å². The summed E-state index contributed by atoms with van der Waals surface area (Å²) in [5.41, 5.74) is 1.90. The quantitative estimate of drug-likeness (QED) is 0.730. The van der Waals surface area contributed by atoms with E-state index >= 15 is 0 Å². The van der Waals surface area contributed by atoms with Crippen LogP contribution in [0.2, 0.25) is 10.0 Å². The predicted octanol–water partition coefficient (Wildman–Crippen LogP) is 4.72. The second kappa shape index (κ2) is 4.35. The summed E-state index contributed by atoms with van der Waals surface area (Å²) in [5.74, 6) is 0. The Hall–Kier alpha value is -0.830. The molecule has 0 radical (unpaired) electrons. The van der Waals surface area contributed by atoms with Crippen LogP contribution in [0.25, 0.3) is 11.3 Å². The van der Waals surface area contributed by atoms with E-state index in [1.165, 1.54) is 0 Å². The van der Waals surface area contributed by atoms with Crippen molar-refractivity contribution >= 4 is 35.4 Å². The molecule has 0 aliphatic carbocycles. The molecule has 76 valence electrons. The number of aromatic nitrogens is 1. The molecule has 1 aromatic heterocycles. The maximum absolute atomic E-state index is 5.93. The number of halogens is 2. The average molecular weight is 256 g/mol. The van der Waals surface area contributed by atoms with Crippen molar-refractivity contribution < 1.29 is 0 Å². The van der Waals surface area contributed by atoms with E-state index in [1.54, 1.807) is 6.07 Å². The van der Waals surface area contributed by atoms with Crippen LogP contribution in [0, 0.1) is 4.64 Å². The Morgan fingerprint density at radius 1 is 1.00 bits per heavy atom. The first kappa shape index (κ1) is 10.7. The molecule has 0 amide bonds. The van der Waals surface area contributed by atoms with E-state index in [9.17, 15) is 0 Å². The molecule has 0 unspecified atom stereocenters. The minimum atomic E-state index is 0.539. The van der Waals surface area contributed by atoms with Gasteiger partial charge in [0.05, 0.1) is 10.0 Å². The van der Waals surface area contributed by atoms with Crippen molar-refractivity contribution in [1.29, 1.82) is 0 Å². The summed E-state index contributed by atoms with van der Waals surface area (Å²) in [6, 6.07) is 11.1. The van der Waals surface area contributed by atoms with Gasteiger partial charge in [0.1, 0.15) is 4.64 Å². The lowest BCUT2D eigenvalue weighted by molar-refractivity contribution is 1.30. The third-order valence-electron chi connectivity index (χ3n) is 2.00. The van der Waals surface area contributed by atoms with Crippen LogP contribution in [-0.2, 0) is 0 Å². The highest BCUT2D eigenvalue weighted by Crippen LogP contribution is 2.27. The van der Waals surface area contributed by atoms with Crippen LogP contribution >= 0.6 is 35.4 Å². The zero-order valence-electron chi connectivity index (χ0n) is 7.63. The number of nitrogens with one attached hydrogen (secondary N) is 1. The molecule has 4 heteroatoms. The minimum absolute atomic E-state index is 0.539. The molecule has 0 saturated heterocycles. The van der Waals surface area contributed by atoms with Gasteiger partial charge in [0, 0.05) is 5.69 Å². The molecule has 2 aromatic rings. The van der Waals surface area contributed by atoms with Gasteiger partial charge in [-0.15, -0.1) is 0 Å². The van der Waals surface area contributed by atoms with Gasteiger partial charge in [0.15, 0.2) is 0 Å². The molecule has 1 aromatic carbocycles. The fourth-order valence-electron chi connectivity index (χ4n) is 1.28. The second-order valence-electron chi connectivity index (χ2n) is 3.06. The lowest BCUT2D eigenvalue weighted by Crippen LogP contribution is -1.83. The van der Waals surface area contributed by atoms with Crippen molar-refractivity contribution in [2.75, 3.05) is 0 Å². The van der Waals surface area contributed by atoms with Crippen LogP contribution in [-0.4, -0.2) is 4.98 Å². The summed E-state index contributed by atoms with van der Waals surface area (Å²) in [6.07, 6.45) is 0. The van der Waals surface area contributed by atoms with Gasteiger partial charge in [-0.05, 0) is 29.8 Å². The van der Waals surface area contributed by atoms with E-state index in [4.69, 9.17) is 35.4 Å². The van der Waals surface area contributed by atoms with Gasteiger partial charge >= 0.3 is 0 Å². The van der Waals surface area contributed by atoms with Crippen molar-refractivity contribution in [3.8, 4) is 11.3 Å². The first-order chi connectivity index (χ1) is 7.16. The number of hydrogen-bond acceptors (Lipinski definition) is 1. The Kier molecular flexibility index (Phi) is 3.10. The maximum atomic E-state index is 5.93. The highest BCUT2D eigenvalue weighted by atomic mass is 35.5. The molecule has 0 aliphatic heterocycles. The molecule has 0 saturated carbocycles. The first-order valence-electron chi connectivity index (χ1n) is 4.31. The zero-order valence-corrected chi connectivity index (χ0v) is 9.96. The lowest BCUT2D eigenvalue weighted by Gasteiger charge is -2.03. The van der Waals surface area contributed by atoms with E-state index in [0.717, 1.165) is 11.3 Å².